The molecule has 10 N–H and O–H groups in total. The predicted octanol–water partition coefficient (Wildman–Crippen LogP) is 3.13. The van der Waals surface area contributed by atoms with Gasteiger partial charge in [-0.1, -0.05) is 82.3 Å². The van der Waals surface area contributed by atoms with Crippen LogP contribution in [0, 0.1) is 0 Å². The Balaban J connectivity index is 2.01. The van der Waals surface area contributed by atoms with Crippen LogP contribution in [0.15, 0.2) is 60.7 Å². The van der Waals surface area contributed by atoms with Crippen molar-refractivity contribution >= 4 is 57.5 Å². The summed E-state index contributed by atoms with van der Waals surface area (Å²) in [6.45, 7) is 0.687. The highest BCUT2D eigenvalue weighted by atomic mass is 33.1. The number of carbonyl (C=O) groups is 6. The van der Waals surface area contributed by atoms with E-state index in [2.05, 4.69) is 21.3 Å². The van der Waals surface area contributed by atoms with Crippen LogP contribution in [0.1, 0.15) is 62.5 Å². The van der Waals surface area contributed by atoms with E-state index in [1.165, 1.54) is 21.6 Å². The zero-order valence-electron chi connectivity index (χ0n) is 30.1. The van der Waals surface area contributed by atoms with Crippen LogP contribution in [-0.4, -0.2) is 94.9 Å². The smallest absolute Gasteiger partial charge is 0.408 e. The second-order valence-electron chi connectivity index (χ2n) is 12.1. The first-order chi connectivity index (χ1) is 26.0. The Morgan fingerprint density at radius 2 is 0.907 bits per heavy atom. The summed E-state index contributed by atoms with van der Waals surface area (Å²) in [6, 6.07) is 13.3. The molecule has 54 heavy (non-hydrogen) atoms. The van der Waals surface area contributed by atoms with Crippen molar-refractivity contribution < 1.29 is 48.5 Å². The number of ether oxygens (including phenoxy) is 2. The van der Waals surface area contributed by atoms with Crippen molar-refractivity contribution in [2.45, 2.75) is 88.7 Å². The lowest BCUT2D eigenvalue weighted by Gasteiger charge is -2.22. The van der Waals surface area contributed by atoms with Crippen LogP contribution < -0.4 is 32.7 Å². The Morgan fingerprint density at radius 1 is 0.537 bits per heavy atom. The molecule has 2 aromatic rings. The van der Waals surface area contributed by atoms with Gasteiger partial charge in [0.25, 0.3) is 0 Å². The number of aliphatic carboxylic acids is 2. The Hall–Kier alpha value is -4.52. The fraction of sp³-hybridized carbons (Fsp3) is 0.500. The summed E-state index contributed by atoms with van der Waals surface area (Å²) in [4.78, 5) is 75.4. The number of nitrogens with two attached hydrogens (primary N) is 2. The zero-order chi connectivity index (χ0) is 39.6. The van der Waals surface area contributed by atoms with Crippen molar-refractivity contribution in [1.82, 2.24) is 21.3 Å². The maximum atomic E-state index is 13.2. The molecule has 18 heteroatoms. The lowest BCUT2D eigenvalue weighted by atomic mass is 10.1. The number of carbonyl (C=O) groups excluding carboxylic acids is 4. The quantitative estimate of drug-likeness (QED) is 0.0478. The van der Waals surface area contributed by atoms with Gasteiger partial charge in [-0.3, -0.25) is 9.59 Å². The molecule has 0 heterocycles. The van der Waals surface area contributed by atoms with Gasteiger partial charge in [0.1, 0.15) is 37.4 Å². The Bertz CT molecular complexity index is 1340. The molecule has 0 aromatic heterocycles. The average Bonchev–Trinajstić information content (AvgIpc) is 3.16. The number of carboxylic acid groups (broad SMARTS) is 2. The number of nitrogens with one attached hydrogen (secondary N) is 4. The van der Waals surface area contributed by atoms with E-state index in [9.17, 15) is 39.0 Å². The lowest BCUT2D eigenvalue weighted by Crippen LogP contribution is -2.52. The molecule has 0 aliphatic rings. The molecule has 16 nitrogen and oxygen atoms in total. The fourth-order valence-electron chi connectivity index (χ4n) is 4.85. The largest absolute Gasteiger partial charge is 0.480 e. The van der Waals surface area contributed by atoms with E-state index in [-0.39, 0.29) is 38.9 Å². The molecular formula is C36H52N6O10S2. The topological polar surface area (TPSA) is 262 Å². The van der Waals surface area contributed by atoms with Crippen LogP contribution in [0.3, 0.4) is 0 Å². The molecule has 0 aliphatic heterocycles. The number of hydrogen-bond acceptors (Lipinski definition) is 12. The van der Waals surface area contributed by atoms with E-state index < -0.39 is 60.1 Å². The molecule has 4 atom stereocenters. The highest BCUT2D eigenvalue weighted by molar-refractivity contribution is 8.76. The summed E-state index contributed by atoms with van der Waals surface area (Å²) in [6.07, 6.45) is 0.984. The van der Waals surface area contributed by atoms with Gasteiger partial charge in [-0.25, -0.2) is 19.2 Å². The van der Waals surface area contributed by atoms with Crippen LogP contribution in [-0.2, 0) is 41.9 Å². The third-order valence-corrected chi connectivity index (χ3v) is 10.3. The van der Waals surface area contributed by atoms with Gasteiger partial charge in [0.15, 0.2) is 0 Å². The first kappa shape index (κ1) is 45.6. The van der Waals surface area contributed by atoms with Crippen LogP contribution in [0.5, 0.6) is 0 Å². The van der Waals surface area contributed by atoms with E-state index in [4.69, 9.17) is 20.9 Å². The normalized spacial score (nSPS) is 13.0. The molecular weight excluding hydrogens is 741 g/mol. The predicted molar refractivity (Wildman–Crippen MR) is 206 cm³/mol. The molecule has 0 radical (unpaired) electrons. The van der Waals surface area contributed by atoms with Crippen LogP contribution in [0.25, 0.3) is 0 Å². The number of hydrogen-bond donors (Lipinski definition) is 8. The summed E-state index contributed by atoms with van der Waals surface area (Å²) < 4.78 is 10.6. The number of amides is 4. The van der Waals surface area contributed by atoms with E-state index in [0.29, 0.717) is 50.3 Å². The number of carboxylic acids is 2. The van der Waals surface area contributed by atoms with Gasteiger partial charge in [-0.2, -0.15) is 0 Å². The van der Waals surface area contributed by atoms with Crippen molar-refractivity contribution in [3.63, 3.8) is 0 Å². The minimum atomic E-state index is -1.21. The Labute approximate surface area is 323 Å². The van der Waals surface area contributed by atoms with Gasteiger partial charge >= 0.3 is 24.1 Å². The monoisotopic (exact) mass is 792 g/mol. The molecule has 0 saturated carbocycles. The van der Waals surface area contributed by atoms with Gasteiger partial charge in [-0.15, -0.1) is 0 Å². The van der Waals surface area contributed by atoms with E-state index >= 15 is 0 Å². The number of unbranched alkanes of at least 4 members (excludes halogenated alkanes) is 2. The van der Waals surface area contributed by atoms with Crippen molar-refractivity contribution in [3.8, 4) is 0 Å². The summed E-state index contributed by atoms with van der Waals surface area (Å²) in [5.74, 6) is -3.16. The minimum Gasteiger partial charge on any atom is -0.480 e. The first-order valence-corrected chi connectivity index (χ1v) is 20.2. The number of benzene rings is 2. The summed E-state index contributed by atoms with van der Waals surface area (Å²) in [5.41, 5.74) is 12.5. The first-order valence-electron chi connectivity index (χ1n) is 17.7. The second kappa shape index (κ2) is 27.1. The van der Waals surface area contributed by atoms with Gasteiger partial charge in [0.05, 0.1) is 0 Å². The SMILES string of the molecule is NCCCCC(NC(=O)[C@H](CCSSCC[C@H](NC(=O)OCc1ccccc1)C(=O)NC(CCCCN)C(=O)O)NC(=O)OCc1ccccc1)C(=O)O. The van der Waals surface area contributed by atoms with Crippen LogP contribution in [0.2, 0.25) is 0 Å². The maximum absolute atomic E-state index is 13.2. The average molecular weight is 793 g/mol. The standard InChI is InChI=1S/C36H52N6O10S2/c37-19-9-7-15-29(33(45)46)39-31(43)27(41-35(49)51-23-25-11-3-1-4-12-25)17-21-53-54-22-18-28(32(44)40-30(34(47)48)16-8-10-20-38)42-36(50)52-24-26-13-5-2-6-14-26/h1-6,11-14,27-30H,7-10,15-24,37-38H2,(H,39,43)(H,40,44)(H,41,49)(H,42,50)(H,45,46)(H,47,48)/t27-,28-,29?,30?/m0/s1. The fourth-order valence-corrected chi connectivity index (χ4v) is 7.03. The third-order valence-electron chi connectivity index (χ3n) is 7.83. The van der Waals surface area contributed by atoms with E-state index in [1.807, 2.05) is 12.1 Å². The maximum Gasteiger partial charge on any atom is 0.408 e. The zero-order valence-corrected chi connectivity index (χ0v) is 31.7. The molecule has 0 spiro atoms. The highest BCUT2D eigenvalue weighted by Crippen LogP contribution is 2.24. The van der Waals surface area contributed by atoms with Gasteiger partial charge in [0, 0.05) is 11.5 Å². The molecule has 0 saturated heterocycles. The molecule has 0 aliphatic carbocycles. The van der Waals surface area contributed by atoms with E-state index in [0.717, 1.165) is 11.1 Å². The molecule has 0 fully saturated rings. The summed E-state index contributed by atoms with van der Waals surface area (Å²) in [7, 11) is 2.65. The Kier molecular flexibility index (Phi) is 22.9. The van der Waals surface area contributed by atoms with Crippen molar-refractivity contribution in [2.75, 3.05) is 24.6 Å². The van der Waals surface area contributed by atoms with Crippen LogP contribution in [0.4, 0.5) is 9.59 Å². The number of alkyl carbamates (subject to hydrolysis) is 2. The summed E-state index contributed by atoms with van der Waals surface area (Å²) in [5, 5.41) is 29.4. The van der Waals surface area contributed by atoms with Crippen molar-refractivity contribution in [3.05, 3.63) is 71.8 Å². The Morgan fingerprint density at radius 3 is 1.24 bits per heavy atom. The minimum absolute atomic E-state index is 0.0358. The third kappa shape index (κ3) is 19.5. The molecule has 298 valence electrons. The molecule has 2 unspecified atom stereocenters. The molecule has 0 bridgehead atoms. The lowest BCUT2D eigenvalue weighted by molar-refractivity contribution is -0.142. The summed E-state index contributed by atoms with van der Waals surface area (Å²) >= 11 is 0. The van der Waals surface area contributed by atoms with Crippen LogP contribution >= 0.6 is 21.6 Å². The molecule has 2 aromatic carbocycles. The number of rotatable bonds is 27. The highest BCUT2D eigenvalue weighted by Gasteiger charge is 2.28. The van der Waals surface area contributed by atoms with Gasteiger partial charge in [0.2, 0.25) is 11.8 Å². The van der Waals surface area contributed by atoms with Crippen molar-refractivity contribution in [1.29, 1.82) is 0 Å². The van der Waals surface area contributed by atoms with Gasteiger partial charge in [-0.05, 0) is 75.6 Å². The van der Waals surface area contributed by atoms with E-state index in [1.54, 1.807) is 48.5 Å². The molecule has 2 rings (SSSR count). The van der Waals surface area contributed by atoms with Gasteiger partial charge < -0.3 is 52.4 Å². The van der Waals surface area contributed by atoms with Crippen molar-refractivity contribution in [2.24, 2.45) is 11.5 Å². The second-order valence-corrected chi connectivity index (χ2v) is 14.8. The molecule has 4 amide bonds.